The van der Waals surface area contributed by atoms with E-state index in [0.29, 0.717) is 11.0 Å². The van der Waals surface area contributed by atoms with Gasteiger partial charge in [-0.1, -0.05) is 0 Å². The van der Waals surface area contributed by atoms with Gasteiger partial charge in [0, 0.05) is 12.3 Å². The second-order valence-electron chi connectivity index (χ2n) is 2.22. The first kappa shape index (κ1) is 6.15. The molecule has 0 aliphatic heterocycles. The molecule has 0 aromatic carbocycles. The van der Waals surface area contributed by atoms with Crippen molar-refractivity contribution in [2.24, 2.45) is 0 Å². The highest BCUT2D eigenvalue weighted by Gasteiger charge is 2.00. The Kier molecular flexibility index (Phi) is 1.09. The molecule has 2 aromatic rings. The van der Waals surface area contributed by atoms with Gasteiger partial charge in [0.05, 0.1) is 11.7 Å². The minimum atomic E-state index is -0.452. The topological polar surface area (TPSA) is 38.0 Å². The van der Waals surface area contributed by atoms with E-state index >= 15 is 0 Å². The van der Waals surface area contributed by atoms with E-state index < -0.39 is 5.82 Å². The van der Waals surface area contributed by atoms with E-state index in [4.69, 9.17) is 5.21 Å². The number of rotatable bonds is 0. The molecule has 0 unspecified atom stereocenters. The molecule has 0 bridgehead atoms. The quantitative estimate of drug-likeness (QED) is 0.579. The summed E-state index contributed by atoms with van der Waals surface area (Å²) in [5, 5.41) is 9.05. The zero-order valence-electron chi connectivity index (χ0n) is 5.53. The molecule has 2 aromatic heterocycles. The van der Waals surface area contributed by atoms with Crippen molar-refractivity contribution in [3.63, 3.8) is 0 Å². The fraction of sp³-hybridized carbons (Fsp3) is 0. The molecule has 11 heavy (non-hydrogen) atoms. The minimum absolute atomic E-state index is 0.380. The van der Waals surface area contributed by atoms with E-state index in [1.54, 1.807) is 6.07 Å². The number of hydrogen-bond acceptors (Lipinski definition) is 2. The van der Waals surface area contributed by atoms with Crippen molar-refractivity contribution in [1.29, 1.82) is 0 Å². The number of aromatic nitrogens is 2. The monoisotopic (exact) mass is 152 g/mol. The summed E-state index contributed by atoms with van der Waals surface area (Å²) >= 11 is 0. The van der Waals surface area contributed by atoms with Gasteiger partial charge in [-0.15, -0.1) is 0 Å². The number of nitrogens with zero attached hydrogens (tertiary/aromatic N) is 2. The van der Waals surface area contributed by atoms with Gasteiger partial charge in [-0.2, -0.15) is 4.73 Å². The Morgan fingerprint density at radius 1 is 1.55 bits per heavy atom. The smallest absolute Gasteiger partial charge is 0.143 e. The first-order chi connectivity index (χ1) is 5.27. The Bertz CT molecular complexity index is 396. The van der Waals surface area contributed by atoms with Crippen LogP contribution < -0.4 is 0 Å². The Labute approximate surface area is 61.7 Å². The maximum atomic E-state index is 12.5. The fourth-order valence-corrected chi connectivity index (χ4v) is 0.973. The first-order valence-electron chi connectivity index (χ1n) is 3.09. The fourth-order valence-electron chi connectivity index (χ4n) is 0.973. The predicted octanol–water partition coefficient (Wildman–Crippen LogP) is 1.41. The molecule has 0 atom stereocenters. The van der Waals surface area contributed by atoms with E-state index in [1.165, 1.54) is 12.3 Å². The Morgan fingerprint density at radius 2 is 2.36 bits per heavy atom. The van der Waals surface area contributed by atoms with Crippen molar-refractivity contribution in [2.45, 2.75) is 0 Å². The van der Waals surface area contributed by atoms with Crippen LogP contribution in [0, 0.1) is 5.82 Å². The van der Waals surface area contributed by atoms with Crippen molar-refractivity contribution in [2.75, 3.05) is 0 Å². The molecular formula is C7H5FN2O. The standard InChI is InChI=1S/C7H5FN2O/c8-5-3-7-6(9-4-5)1-2-10(7)11/h1-4,11H. The number of pyridine rings is 1. The lowest BCUT2D eigenvalue weighted by Crippen LogP contribution is -1.87. The lowest BCUT2D eigenvalue weighted by Gasteiger charge is -1.92. The molecule has 2 heterocycles. The van der Waals surface area contributed by atoms with Gasteiger partial charge in [-0.25, -0.2) is 4.39 Å². The van der Waals surface area contributed by atoms with Gasteiger partial charge in [-0.3, -0.25) is 4.98 Å². The van der Waals surface area contributed by atoms with E-state index in [1.807, 2.05) is 0 Å². The number of halogens is 1. The van der Waals surface area contributed by atoms with Crippen molar-refractivity contribution < 1.29 is 9.60 Å². The van der Waals surface area contributed by atoms with Crippen LogP contribution in [0.2, 0.25) is 0 Å². The molecule has 0 aliphatic rings. The number of fused-ring (bicyclic) bond motifs is 1. The lowest BCUT2D eigenvalue weighted by atomic mass is 10.4. The van der Waals surface area contributed by atoms with Crippen LogP contribution in [-0.4, -0.2) is 14.9 Å². The van der Waals surface area contributed by atoms with E-state index in [2.05, 4.69) is 4.98 Å². The summed E-state index contributed by atoms with van der Waals surface area (Å²) in [6.07, 6.45) is 2.53. The lowest BCUT2D eigenvalue weighted by molar-refractivity contribution is 0.200. The molecule has 0 aliphatic carbocycles. The zero-order chi connectivity index (χ0) is 7.84. The van der Waals surface area contributed by atoms with Crippen LogP contribution in [0.15, 0.2) is 24.5 Å². The Balaban J connectivity index is 2.87. The largest absolute Gasteiger partial charge is 0.428 e. The molecule has 4 heteroatoms. The van der Waals surface area contributed by atoms with E-state index in [0.717, 1.165) is 10.9 Å². The maximum Gasteiger partial charge on any atom is 0.143 e. The molecular weight excluding hydrogens is 147 g/mol. The van der Waals surface area contributed by atoms with Crippen molar-refractivity contribution in [1.82, 2.24) is 9.71 Å². The highest BCUT2D eigenvalue weighted by atomic mass is 19.1. The molecule has 2 rings (SSSR count). The number of hydrogen-bond donors (Lipinski definition) is 1. The molecule has 0 spiro atoms. The molecule has 0 fully saturated rings. The third-order valence-electron chi connectivity index (χ3n) is 1.48. The summed E-state index contributed by atoms with van der Waals surface area (Å²) in [7, 11) is 0. The van der Waals surface area contributed by atoms with Crippen molar-refractivity contribution in [3.8, 4) is 0 Å². The Hall–Kier alpha value is -1.58. The van der Waals surface area contributed by atoms with Gasteiger partial charge in [-0.05, 0) is 6.07 Å². The molecule has 1 N–H and O–H groups in total. The van der Waals surface area contributed by atoms with Gasteiger partial charge in [0.1, 0.15) is 11.3 Å². The summed E-state index contributed by atoms with van der Waals surface area (Å²) in [5.74, 6) is -0.452. The average Bonchev–Trinajstić information content (AvgIpc) is 2.33. The third-order valence-corrected chi connectivity index (χ3v) is 1.48. The van der Waals surface area contributed by atoms with Gasteiger partial charge in [0.15, 0.2) is 0 Å². The SMILES string of the molecule is On1ccc2ncc(F)cc21. The molecule has 0 saturated carbocycles. The van der Waals surface area contributed by atoms with Gasteiger partial charge >= 0.3 is 0 Å². The predicted molar refractivity (Wildman–Crippen MR) is 36.9 cm³/mol. The normalized spacial score (nSPS) is 10.6. The van der Waals surface area contributed by atoms with Crippen LogP contribution in [0.3, 0.4) is 0 Å². The first-order valence-corrected chi connectivity index (χ1v) is 3.09. The summed E-state index contributed by atoms with van der Waals surface area (Å²) in [6.45, 7) is 0. The summed E-state index contributed by atoms with van der Waals surface area (Å²) in [4.78, 5) is 3.75. The van der Waals surface area contributed by atoms with Crippen LogP contribution in [0.4, 0.5) is 4.39 Å². The van der Waals surface area contributed by atoms with Crippen molar-refractivity contribution >= 4 is 11.0 Å². The minimum Gasteiger partial charge on any atom is -0.428 e. The average molecular weight is 152 g/mol. The summed E-state index contributed by atoms with van der Waals surface area (Å²) in [5.41, 5.74) is 0.957. The van der Waals surface area contributed by atoms with Crippen LogP contribution in [0.25, 0.3) is 11.0 Å². The van der Waals surface area contributed by atoms with E-state index in [9.17, 15) is 4.39 Å². The maximum absolute atomic E-state index is 12.5. The molecule has 0 radical (unpaired) electrons. The van der Waals surface area contributed by atoms with Crippen LogP contribution >= 0.6 is 0 Å². The molecule has 0 saturated heterocycles. The molecule has 56 valence electrons. The van der Waals surface area contributed by atoms with Crippen LogP contribution in [-0.2, 0) is 0 Å². The van der Waals surface area contributed by atoms with Crippen LogP contribution in [0.5, 0.6) is 0 Å². The molecule has 3 nitrogen and oxygen atoms in total. The Morgan fingerprint density at radius 3 is 3.18 bits per heavy atom. The summed E-state index contributed by atoms with van der Waals surface area (Å²) in [6, 6.07) is 2.83. The second kappa shape index (κ2) is 1.95. The highest BCUT2D eigenvalue weighted by Crippen LogP contribution is 2.11. The van der Waals surface area contributed by atoms with E-state index in [-0.39, 0.29) is 0 Å². The van der Waals surface area contributed by atoms with Crippen LogP contribution in [0.1, 0.15) is 0 Å². The van der Waals surface area contributed by atoms with Crippen molar-refractivity contribution in [3.05, 3.63) is 30.3 Å². The highest BCUT2D eigenvalue weighted by molar-refractivity contribution is 5.74. The summed E-state index contributed by atoms with van der Waals surface area (Å²) < 4.78 is 13.3. The zero-order valence-corrected chi connectivity index (χ0v) is 5.53. The molecule has 0 amide bonds. The van der Waals surface area contributed by atoms with Gasteiger partial charge < -0.3 is 5.21 Å². The van der Waals surface area contributed by atoms with Gasteiger partial charge in [0.25, 0.3) is 0 Å². The van der Waals surface area contributed by atoms with Gasteiger partial charge in [0.2, 0.25) is 0 Å². The second-order valence-corrected chi connectivity index (χ2v) is 2.22. The third kappa shape index (κ3) is 0.832.